The van der Waals surface area contributed by atoms with E-state index in [4.69, 9.17) is 5.73 Å². The molecule has 0 saturated heterocycles. The maximum absolute atomic E-state index is 11.9. The molecule has 0 aliphatic heterocycles. The largest absolute Gasteiger partial charge is 0.381 e. The van der Waals surface area contributed by atoms with E-state index in [1.54, 1.807) is 0 Å². The number of anilines is 2. The summed E-state index contributed by atoms with van der Waals surface area (Å²) in [6, 6.07) is 0. The van der Waals surface area contributed by atoms with Gasteiger partial charge in [-0.3, -0.25) is 4.68 Å². The summed E-state index contributed by atoms with van der Waals surface area (Å²) in [5.41, 5.74) is 5.55. The first-order valence-corrected chi connectivity index (χ1v) is 6.36. The van der Waals surface area contributed by atoms with Crippen molar-refractivity contribution >= 4 is 21.8 Å². The van der Waals surface area contributed by atoms with Gasteiger partial charge in [-0.1, -0.05) is 0 Å². The molecule has 0 aliphatic rings. The third kappa shape index (κ3) is 2.23. The monoisotopic (exact) mass is 256 g/mol. The van der Waals surface area contributed by atoms with Crippen LogP contribution in [0.4, 0.5) is 11.8 Å². The Hall–Kier alpha value is -2.03. The Bertz CT molecular complexity index is 600. The molecule has 0 atom stereocenters. The number of H-pyrrole nitrogens is 1. The van der Waals surface area contributed by atoms with Crippen LogP contribution in [0.3, 0.4) is 0 Å². The van der Waals surface area contributed by atoms with Crippen LogP contribution in [0.5, 0.6) is 0 Å². The van der Waals surface area contributed by atoms with E-state index in [0.29, 0.717) is 6.54 Å². The van der Waals surface area contributed by atoms with Crippen LogP contribution < -0.4 is 10.5 Å². The maximum atomic E-state index is 11.9. The molecule has 92 valence electrons. The molecule has 4 N–H and O–H groups in total. The van der Waals surface area contributed by atoms with Gasteiger partial charge in [-0.15, -0.1) is 0 Å². The summed E-state index contributed by atoms with van der Waals surface area (Å²) in [4.78, 5) is 6.34. The topological polar surface area (TPSA) is 119 Å². The highest BCUT2D eigenvalue weighted by Crippen LogP contribution is 2.18. The molecule has 0 radical (unpaired) electrons. The number of hydrogen-bond donors (Lipinski definition) is 3. The minimum absolute atomic E-state index is 0.0362. The predicted octanol–water partition coefficient (Wildman–Crippen LogP) is 0.00910. The Balaban J connectivity index is 2.34. The van der Waals surface area contributed by atoms with Gasteiger partial charge in [-0.2, -0.15) is 5.10 Å². The number of aromatic amines is 1. The summed E-state index contributed by atoms with van der Waals surface area (Å²) in [5, 5.41) is 3.87. The molecule has 0 unspecified atom stereocenters. The van der Waals surface area contributed by atoms with E-state index in [-0.39, 0.29) is 16.7 Å². The molecule has 2 aromatic rings. The van der Waals surface area contributed by atoms with Crippen LogP contribution in [-0.2, 0) is 16.6 Å². The molecule has 8 nitrogen and oxygen atoms in total. The Labute approximate surface area is 97.9 Å². The van der Waals surface area contributed by atoms with Gasteiger partial charge < -0.3 is 10.7 Å². The lowest BCUT2D eigenvalue weighted by Gasteiger charge is -2.02. The van der Waals surface area contributed by atoms with Crippen LogP contribution in [0.2, 0.25) is 0 Å². The molecule has 0 saturated carbocycles. The first kappa shape index (κ1) is 11.5. The lowest BCUT2D eigenvalue weighted by Crippen LogP contribution is -2.14. The van der Waals surface area contributed by atoms with Crippen molar-refractivity contribution in [3.63, 3.8) is 0 Å². The van der Waals surface area contributed by atoms with Crippen molar-refractivity contribution in [3.05, 3.63) is 18.6 Å². The lowest BCUT2D eigenvalue weighted by molar-refractivity contribution is 0.600. The number of hydrogen-bond acceptors (Lipinski definition) is 5. The molecule has 0 fully saturated rings. The van der Waals surface area contributed by atoms with E-state index in [9.17, 15) is 8.42 Å². The van der Waals surface area contributed by atoms with Crippen LogP contribution in [0.1, 0.15) is 6.92 Å². The molecule has 0 spiro atoms. The summed E-state index contributed by atoms with van der Waals surface area (Å²) >= 11 is 0. The average molecular weight is 256 g/mol. The molecule has 0 aliphatic carbocycles. The SMILES string of the molecule is CCn1cc(S(=O)(=O)Nc2ncc[nH]2)c(N)n1. The first-order chi connectivity index (χ1) is 8.03. The van der Waals surface area contributed by atoms with Crippen molar-refractivity contribution in [1.82, 2.24) is 19.7 Å². The number of sulfonamides is 1. The highest BCUT2D eigenvalue weighted by Gasteiger charge is 2.21. The molecule has 0 amide bonds. The van der Waals surface area contributed by atoms with Crippen molar-refractivity contribution < 1.29 is 8.42 Å². The van der Waals surface area contributed by atoms with Crippen molar-refractivity contribution in [3.8, 4) is 0 Å². The Kier molecular flexibility index (Phi) is 2.76. The van der Waals surface area contributed by atoms with Gasteiger partial charge >= 0.3 is 0 Å². The number of aromatic nitrogens is 4. The fraction of sp³-hybridized carbons (Fsp3) is 0.250. The average Bonchev–Trinajstić information content (AvgIpc) is 2.86. The van der Waals surface area contributed by atoms with Gasteiger partial charge in [-0.05, 0) is 6.92 Å². The van der Waals surface area contributed by atoms with Crippen molar-refractivity contribution in [2.45, 2.75) is 18.4 Å². The minimum atomic E-state index is -3.76. The van der Waals surface area contributed by atoms with E-state index in [1.807, 2.05) is 6.92 Å². The Morgan fingerprint density at radius 3 is 2.88 bits per heavy atom. The van der Waals surface area contributed by atoms with Crippen molar-refractivity contribution in [2.75, 3.05) is 10.5 Å². The number of nitrogen functional groups attached to an aromatic ring is 1. The number of imidazole rings is 1. The van der Waals surface area contributed by atoms with Gasteiger partial charge in [0.05, 0.1) is 0 Å². The predicted molar refractivity (Wildman–Crippen MR) is 61.7 cm³/mol. The molecule has 2 aromatic heterocycles. The van der Waals surface area contributed by atoms with E-state index in [0.717, 1.165) is 0 Å². The number of nitrogens with one attached hydrogen (secondary N) is 2. The minimum Gasteiger partial charge on any atom is -0.381 e. The molecular formula is C8H12N6O2S. The summed E-state index contributed by atoms with van der Waals surface area (Å²) in [7, 11) is -3.76. The van der Waals surface area contributed by atoms with E-state index < -0.39 is 10.0 Å². The van der Waals surface area contributed by atoms with Gasteiger partial charge in [0.15, 0.2) is 5.82 Å². The van der Waals surface area contributed by atoms with E-state index in [2.05, 4.69) is 19.8 Å². The lowest BCUT2D eigenvalue weighted by atomic mass is 10.6. The molecular weight excluding hydrogens is 244 g/mol. The number of nitrogens with zero attached hydrogens (tertiary/aromatic N) is 3. The van der Waals surface area contributed by atoms with E-state index >= 15 is 0 Å². The molecule has 2 rings (SSSR count). The first-order valence-electron chi connectivity index (χ1n) is 4.88. The van der Waals surface area contributed by atoms with Crippen LogP contribution in [0.15, 0.2) is 23.5 Å². The standard InChI is InChI=1S/C8H12N6O2S/c1-2-14-5-6(7(9)12-14)17(15,16)13-8-10-3-4-11-8/h3-5H,2H2,1H3,(H2,9,12)(H2,10,11,13). The van der Waals surface area contributed by atoms with Crippen LogP contribution in [0.25, 0.3) is 0 Å². The number of aryl methyl sites for hydroxylation is 1. The fourth-order valence-electron chi connectivity index (χ4n) is 1.29. The Morgan fingerprint density at radius 1 is 1.59 bits per heavy atom. The summed E-state index contributed by atoms with van der Waals surface area (Å²) in [6.45, 7) is 2.38. The highest BCUT2D eigenvalue weighted by molar-refractivity contribution is 7.92. The Morgan fingerprint density at radius 2 is 2.35 bits per heavy atom. The highest BCUT2D eigenvalue weighted by atomic mass is 32.2. The third-order valence-electron chi connectivity index (χ3n) is 2.10. The number of rotatable bonds is 4. The van der Waals surface area contributed by atoms with Crippen LogP contribution >= 0.6 is 0 Å². The molecule has 0 aromatic carbocycles. The van der Waals surface area contributed by atoms with Crippen LogP contribution in [-0.4, -0.2) is 28.2 Å². The second-order valence-electron chi connectivity index (χ2n) is 3.28. The quantitative estimate of drug-likeness (QED) is 0.712. The smallest absolute Gasteiger partial charge is 0.269 e. The van der Waals surface area contributed by atoms with Crippen LogP contribution in [0, 0.1) is 0 Å². The van der Waals surface area contributed by atoms with Gasteiger partial charge in [0.2, 0.25) is 5.95 Å². The van der Waals surface area contributed by atoms with Crippen molar-refractivity contribution in [1.29, 1.82) is 0 Å². The molecule has 0 bridgehead atoms. The van der Waals surface area contributed by atoms with Gasteiger partial charge in [0.1, 0.15) is 4.90 Å². The zero-order chi connectivity index (χ0) is 12.5. The fourth-order valence-corrected chi connectivity index (χ4v) is 2.34. The second kappa shape index (κ2) is 4.09. The zero-order valence-electron chi connectivity index (χ0n) is 9.08. The summed E-state index contributed by atoms with van der Waals surface area (Å²) in [5.74, 6) is 0.0968. The third-order valence-corrected chi connectivity index (χ3v) is 3.45. The molecule has 2 heterocycles. The van der Waals surface area contributed by atoms with Gasteiger partial charge in [0.25, 0.3) is 10.0 Å². The normalized spacial score (nSPS) is 11.6. The van der Waals surface area contributed by atoms with E-state index in [1.165, 1.54) is 23.3 Å². The molecule has 17 heavy (non-hydrogen) atoms. The second-order valence-corrected chi connectivity index (χ2v) is 4.93. The number of nitrogens with two attached hydrogens (primary N) is 1. The van der Waals surface area contributed by atoms with Gasteiger partial charge in [0, 0.05) is 25.1 Å². The summed E-state index contributed by atoms with van der Waals surface area (Å²) in [6.07, 6.45) is 4.33. The maximum Gasteiger partial charge on any atom is 0.269 e. The van der Waals surface area contributed by atoms with Crippen molar-refractivity contribution in [2.24, 2.45) is 0 Å². The summed E-state index contributed by atoms with van der Waals surface area (Å²) < 4.78 is 27.6. The van der Waals surface area contributed by atoms with Gasteiger partial charge in [-0.25, -0.2) is 18.1 Å². The molecule has 9 heteroatoms. The zero-order valence-corrected chi connectivity index (χ0v) is 9.90.